The van der Waals surface area contributed by atoms with E-state index < -0.39 is 24.0 Å². The minimum absolute atomic E-state index is 0.0787. The van der Waals surface area contributed by atoms with Crippen LogP contribution in [0, 0.1) is 5.92 Å². The molecule has 4 atom stereocenters. The summed E-state index contributed by atoms with van der Waals surface area (Å²) >= 11 is 0. The average molecular weight is 393 g/mol. The van der Waals surface area contributed by atoms with E-state index in [2.05, 4.69) is 0 Å². The van der Waals surface area contributed by atoms with E-state index in [4.69, 9.17) is 10.6 Å². The lowest BCUT2D eigenvalue weighted by molar-refractivity contribution is -0.181. The molecule has 2 aromatic carbocycles. The van der Waals surface area contributed by atoms with Gasteiger partial charge in [0.05, 0.1) is 18.0 Å². The van der Waals surface area contributed by atoms with Crippen LogP contribution in [0.5, 0.6) is 0 Å². The van der Waals surface area contributed by atoms with Crippen molar-refractivity contribution in [1.82, 2.24) is 9.96 Å². The minimum atomic E-state index is -0.897. The quantitative estimate of drug-likeness (QED) is 0.758. The van der Waals surface area contributed by atoms with Gasteiger partial charge in [-0.15, -0.1) is 0 Å². The van der Waals surface area contributed by atoms with Gasteiger partial charge in [-0.1, -0.05) is 60.7 Å². The van der Waals surface area contributed by atoms with Crippen LogP contribution in [0.4, 0.5) is 0 Å². The number of fused-ring (bicyclic) bond motifs is 1. The van der Waals surface area contributed by atoms with Crippen LogP contribution < -0.4 is 5.73 Å². The Hall–Kier alpha value is -3.03. The molecule has 2 aliphatic heterocycles. The summed E-state index contributed by atoms with van der Waals surface area (Å²) in [6.45, 7) is 2.06. The minimum Gasteiger partial charge on any atom is -0.370 e. The second-order valence-electron chi connectivity index (χ2n) is 7.40. The van der Waals surface area contributed by atoms with E-state index in [1.54, 1.807) is 5.06 Å². The van der Waals surface area contributed by atoms with E-state index in [1.165, 1.54) is 4.90 Å². The van der Waals surface area contributed by atoms with E-state index in [1.807, 2.05) is 67.6 Å². The Labute approximate surface area is 169 Å². The van der Waals surface area contributed by atoms with E-state index in [-0.39, 0.29) is 30.8 Å². The van der Waals surface area contributed by atoms with Crippen molar-refractivity contribution < 1.29 is 19.2 Å². The number of carbonyl (C=O) groups is 3. The molecule has 2 N–H and O–H groups in total. The number of nitrogens with two attached hydrogens (primary N) is 1. The largest absolute Gasteiger partial charge is 0.370 e. The summed E-state index contributed by atoms with van der Waals surface area (Å²) in [7, 11) is 0. The zero-order valence-corrected chi connectivity index (χ0v) is 16.1. The first-order chi connectivity index (χ1) is 14.0. The summed E-state index contributed by atoms with van der Waals surface area (Å²) in [5.41, 5.74) is 7.03. The van der Waals surface area contributed by atoms with Crippen molar-refractivity contribution >= 4 is 17.7 Å². The van der Waals surface area contributed by atoms with Gasteiger partial charge in [-0.05, 0) is 18.1 Å². The molecule has 0 radical (unpaired) electrons. The number of likely N-dealkylation sites (tertiary alicyclic amines) is 1. The molecule has 2 saturated heterocycles. The predicted octanol–water partition coefficient (Wildman–Crippen LogP) is 1.97. The van der Waals surface area contributed by atoms with Crippen molar-refractivity contribution in [3.8, 4) is 0 Å². The van der Waals surface area contributed by atoms with Crippen molar-refractivity contribution in [2.24, 2.45) is 11.7 Å². The van der Waals surface area contributed by atoms with Crippen LogP contribution >= 0.6 is 0 Å². The molecule has 7 heteroatoms. The highest BCUT2D eigenvalue weighted by Crippen LogP contribution is 2.46. The summed E-state index contributed by atoms with van der Waals surface area (Å²) in [5.74, 6) is -1.73. The lowest BCUT2D eigenvalue weighted by Crippen LogP contribution is -2.39. The Morgan fingerprint density at radius 3 is 2.28 bits per heavy atom. The Kier molecular flexibility index (Phi) is 5.17. The maximum Gasteiger partial charge on any atom is 0.261 e. The summed E-state index contributed by atoms with van der Waals surface area (Å²) in [6, 6.07) is 18.0. The zero-order chi connectivity index (χ0) is 20.5. The molecule has 150 valence electrons. The van der Waals surface area contributed by atoms with E-state index in [0.717, 1.165) is 11.1 Å². The maximum atomic E-state index is 13.4. The molecule has 0 spiro atoms. The van der Waals surface area contributed by atoms with Crippen LogP contribution in [0.1, 0.15) is 36.6 Å². The molecule has 0 aliphatic carbocycles. The highest BCUT2D eigenvalue weighted by molar-refractivity contribution is 6.07. The van der Waals surface area contributed by atoms with E-state index in [9.17, 15) is 14.4 Å². The number of rotatable bonds is 6. The molecular formula is C22H23N3O4. The molecule has 2 fully saturated rings. The molecule has 0 saturated carbocycles. The molecule has 7 nitrogen and oxygen atoms in total. The van der Waals surface area contributed by atoms with Crippen LogP contribution in [-0.4, -0.2) is 40.3 Å². The second-order valence-corrected chi connectivity index (χ2v) is 7.40. The van der Waals surface area contributed by atoms with Crippen molar-refractivity contribution in [3.05, 3.63) is 71.8 Å². The van der Waals surface area contributed by atoms with Gasteiger partial charge in [0.1, 0.15) is 0 Å². The van der Waals surface area contributed by atoms with Gasteiger partial charge in [-0.25, -0.2) is 0 Å². The standard InChI is InChI=1S/C22H23N3O4/c1-14(15-8-4-2-5-9-15)25-21(27)18-19(16-10-6-3-7-11-16)24(13-12-17(23)26)29-20(18)22(25)28/h2-11,14,18-20H,12-13H2,1H3,(H2,23,26). The van der Waals surface area contributed by atoms with E-state index >= 15 is 0 Å². The molecule has 4 rings (SSSR count). The van der Waals surface area contributed by atoms with Crippen LogP contribution in [0.2, 0.25) is 0 Å². The lowest BCUT2D eigenvalue weighted by Gasteiger charge is -2.29. The molecule has 3 amide bonds. The number of imide groups is 1. The topological polar surface area (TPSA) is 92.9 Å². The van der Waals surface area contributed by atoms with E-state index in [0.29, 0.717) is 0 Å². The maximum absolute atomic E-state index is 13.4. The SMILES string of the molecule is CC(c1ccccc1)N1C(=O)C2ON(CCC(N)=O)C(c3ccccc3)C2C1=O. The molecular weight excluding hydrogens is 370 g/mol. The van der Waals surface area contributed by atoms with Crippen molar-refractivity contribution in [1.29, 1.82) is 0 Å². The molecule has 2 heterocycles. The van der Waals surface area contributed by atoms with Crippen molar-refractivity contribution in [2.45, 2.75) is 31.5 Å². The van der Waals surface area contributed by atoms with Gasteiger partial charge in [0, 0.05) is 13.0 Å². The molecule has 2 aliphatic rings. The third kappa shape index (κ3) is 3.43. The Morgan fingerprint density at radius 2 is 1.66 bits per heavy atom. The molecule has 2 aromatic rings. The highest BCUT2D eigenvalue weighted by Gasteiger charge is 2.60. The number of hydroxylamine groups is 2. The second kappa shape index (κ2) is 7.77. The first kappa shape index (κ1) is 19.3. The highest BCUT2D eigenvalue weighted by atomic mass is 16.7. The summed E-state index contributed by atoms with van der Waals surface area (Å²) < 4.78 is 0. The molecule has 4 unspecified atom stereocenters. The predicted molar refractivity (Wildman–Crippen MR) is 105 cm³/mol. The number of amides is 3. The van der Waals surface area contributed by atoms with Gasteiger partial charge in [0.25, 0.3) is 5.91 Å². The van der Waals surface area contributed by atoms with Gasteiger partial charge in [-0.2, -0.15) is 5.06 Å². The van der Waals surface area contributed by atoms with Crippen LogP contribution in [-0.2, 0) is 19.2 Å². The number of hydrogen-bond acceptors (Lipinski definition) is 5. The summed E-state index contributed by atoms with van der Waals surface area (Å²) in [4.78, 5) is 45.0. The average Bonchev–Trinajstić information content (AvgIpc) is 3.23. The van der Waals surface area contributed by atoms with Crippen LogP contribution in [0.3, 0.4) is 0 Å². The fourth-order valence-electron chi connectivity index (χ4n) is 4.19. The number of hydrogen-bond donors (Lipinski definition) is 1. The Balaban J connectivity index is 1.66. The smallest absolute Gasteiger partial charge is 0.261 e. The number of carbonyl (C=O) groups excluding carboxylic acids is 3. The first-order valence-corrected chi connectivity index (χ1v) is 9.67. The summed E-state index contributed by atoms with van der Waals surface area (Å²) in [5, 5.41) is 1.57. The molecule has 0 bridgehead atoms. The monoisotopic (exact) mass is 393 g/mol. The van der Waals surface area contributed by atoms with Gasteiger partial charge in [0.15, 0.2) is 6.10 Å². The number of benzene rings is 2. The lowest BCUT2D eigenvalue weighted by atomic mass is 9.90. The number of primary amides is 1. The third-order valence-electron chi connectivity index (χ3n) is 5.62. The molecule has 29 heavy (non-hydrogen) atoms. The van der Waals surface area contributed by atoms with Gasteiger partial charge < -0.3 is 5.73 Å². The first-order valence-electron chi connectivity index (χ1n) is 9.67. The van der Waals surface area contributed by atoms with Crippen LogP contribution in [0.15, 0.2) is 60.7 Å². The van der Waals surface area contributed by atoms with Crippen molar-refractivity contribution in [3.63, 3.8) is 0 Å². The molecule has 0 aromatic heterocycles. The number of nitrogens with zero attached hydrogens (tertiary/aromatic N) is 2. The van der Waals surface area contributed by atoms with Gasteiger partial charge in [-0.3, -0.25) is 24.1 Å². The van der Waals surface area contributed by atoms with Gasteiger partial charge >= 0.3 is 0 Å². The fourth-order valence-corrected chi connectivity index (χ4v) is 4.19. The Bertz CT molecular complexity index is 918. The Morgan fingerprint density at radius 1 is 1.03 bits per heavy atom. The van der Waals surface area contributed by atoms with Gasteiger partial charge in [0.2, 0.25) is 11.8 Å². The summed E-state index contributed by atoms with van der Waals surface area (Å²) in [6.07, 6.45) is -0.818. The van der Waals surface area contributed by atoms with Crippen molar-refractivity contribution in [2.75, 3.05) is 6.54 Å². The van der Waals surface area contributed by atoms with Crippen LogP contribution in [0.25, 0.3) is 0 Å². The zero-order valence-electron chi connectivity index (χ0n) is 16.1. The normalized spacial score (nSPS) is 25.3. The fraction of sp³-hybridized carbons (Fsp3) is 0.318. The third-order valence-corrected chi connectivity index (χ3v) is 5.62.